The Morgan fingerprint density at radius 3 is 2.16 bits per heavy atom. The third-order valence-corrected chi connectivity index (χ3v) is 3.65. The smallest absolute Gasteiger partial charge is 0.151 e. The summed E-state index contributed by atoms with van der Waals surface area (Å²) in [4.78, 5) is 10.7. The molecule has 2 rings (SSSR count). The van der Waals surface area contributed by atoms with Crippen LogP contribution in [0.1, 0.15) is 10.4 Å². The molecule has 6 heteroatoms. The number of halogens is 4. The van der Waals surface area contributed by atoms with Crippen LogP contribution >= 0.6 is 46.4 Å². The molecular weight excluding hydrogens is 330 g/mol. The van der Waals surface area contributed by atoms with Crippen LogP contribution in [0.4, 0.5) is 0 Å². The molecule has 0 atom stereocenters. The number of hydrogen-bond donors (Lipinski definition) is 0. The third kappa shape index (κ3) is 3.34. The Hall–Kier alpha value is -0.930. The predicted octanol–water partition coefficient (Wildman–Crippen LogP) is 5.91. The third-order valence-electron chi connectivity index (χ3n) is 2.30. The molecule has 0 bridgehead atoms. The highest BCUT2D eigenvalue weighted by molar-refractivity contribution is 6.43. The number of carbonyl (C=O) groups is 1. The molecular formula is C13H6Cl4O2. The first kappa shape index (κ1) is 14.5. The van der Waals surface area contributed by atoms with E-state index in [1.807, 2.05) is 0 Å². The van der Waals surface area contributed by atoms with Gasteiger partial charge in [-0.15, -0.1) is 0 Å². The summed E-state index contributed by atoms with van der Waals surface area (Å²) in [7, 11) is 0. The largest absolute Gasteiger partial charge is 0.456 e. The van der Waals surface area contributed by atoms with Crippen molar-refractivity contribution in [1.82, 2.24) is 0 Å². The second kappa shape index (κ2) is 6.02. The van der Waals surface area contributed by atoms with Crippen LogP contribution in [0.2, 0.25) is 20.1 Å². The van der Waals surface area contributed by atoms with E-state index >= 15 is 0 Å². The van der Waals surface area contributed by atoms with Crippen molar-refractivity contribution in [1.29, 1.82) is 0 Å². The zero-order valence-corrected chi connectivity index (χ0v) is 12.3. The highest BCUT2D eigenvalue weighted by Gasteiger charge is 2.09. The van der Waals surface area contributed by atoms with E-state index in [-0.39, 0.29) is 0 Å². The summed E-state index contributed by atoms with van der Waals surface area (Å²) in [5.74, 6) is 0.793. The molecule has 19 heavy (non-hydrogen) atoms. The normalized spacial score (nSPS) is 10.3. The lowest BCUT2D eigenvalue weighted by atomic mass is 10.2. The van der Waals surface area contributed by atoms with E-state index in [4.69, 9.17) is 51.1 Å². The lowest BCUT2D eigenvalue weighted by molar-refractivity contribution is 0.112. The average molecular weight is 336 g/mol. The highest BCUT2D eigenvalue weighted by atomic mass is 35.5. The van der Waals surface area contributed by atoms with Crippen LogP contribution in [0.3, 0.4) is 0 Å². The molecule has 0 unspecified atom stereocenters. The maximum absolute atomic E-state index is 10.7. The summed E-state index contributed by atoms with van der Waals surface area (Å²) in [5.41, 5.74) is 0.384. The number of hydrogen-bond acceptors (Lipinski definition) is 2. The summed E-state index contributed by atoms with van der Waals surface area (Å²) < 4.78 is 5.55. The van der Waals surface area contributed by atoms with Crippen molar-refractivity contribution < 1.29 is 9.53 Å². The molecule has 0 aromatic heterocycles. The lowest BCUT2D eigenvalue weighted by Gasteiger charge is -2.09. The summed E-state index contributed by atoms with van der Waals surface area (Å²) in [6.45, 7) is 0. The first-order chi connectivity index (χ1) is 9.01. The van der Waals surface area contributed by atoms with Gasteiger partial charge in [-0.2, -0.15) is 0 Å². The molecule has 0 amide bonds. The number of carbonyl (C=O) groups excluding carboxylic acids is 1. The summed E-state index contributed by atoms with van der Waals surface area (Å²) >= 11 is 23.6. The molecule has 0 fully saturated rings. The van der Waals surface area contributed by atoms with Crippen LogP contribution in [-0.4, -0.2) is 6.29 Å². The second-order valence-electron chi connectivity index (χ2n) is 3.60. The van der Waals surface area contributed by atoms with Gasteiger partial charge in [0.2, 0.25) is 0 Å². The lowest BCUT2D eigenvalue weighted by Crippen LogP contribution is -1.88. The van der Waals surface area contributed by atoms with E-state index in [1.165, 1.54) is 18.2 Å². The maximum atomic E-state index is 10.7. The van der Waals surface area contributed by atoms with Crippen molar-refractivity contribution in [3.8, 4) is 11.5 Å². The molecule has 0 radical (unpaired) electrons. The molecule has 0 heterocycles. The van der Waals surface area contributed by atoms with E-state index in [0.717, 1.165) is 0 Å². The minimum absolute atomic E-state index is 0.295. The molecule has 2 aromatic rings. The fourth-order valence-electron chi connectivity index (χ4n) is 1.38. The van der Waals surface area contributed by atoms with E-state index in [1.54, 1.807) is 12.1 Å². The molecule has 0 saturated carbocycles. The minimum Gasteiger partial charge on any atom is -0.456 e. The molecule has 0 N–H and O–H groups in total. The number of aldehydes is 1. The summed E-state index contributed by atoms with van der Waals surface area (Å²) in [6, 6.07) is 7.67. The zero-order chi connectivity index (χ0) is 14.0. The minimum atomic E-state index is 0.295. The van der Waals surface area contributed by atoms with E-state index in [2.05, 4.69) is 0 Å². The first-order valence-corrected chi connectivity index (χ1v) is 6.59. The van der Waals surface area contributed by atoms with Gasteiger partial charge in [0.15, 0.2) is 6.29 Å². The molecule has 0 aliphatic heterocycles. The standard InChI is InChI=1S/C13H6Cl4O2/c14-9-3-8(2-1-7(9)6-18)19-13-5-11(16)10(15)4-12(13)17/h1-6H. The van der Waals surface area contributed by atoms with Crippen molar-refractivity contribution in [2.24, 2.45) is 0 Å². The number of benzene rings is 2. The highest BCUT2D eigenvalue weighted by Crippen LogP contribution is 2.37. The van der Waals surface area contributed by atoms with Crippen LogP contribution in [0.25, 0.3) is 0 Å². The van der Waals surface area contributed by atoms with Gasteiger partial charge in [-0.25, -0.2) is 0 Å². The molecule has 0 saturated heterocycles. The number of rotatable bonds is 3. The fraction of sp³-hybridized carbons (Fsp3) is 0. The predicted molar refractivity (Wildman–Crippen MR) is 78.4 cm³/mol. The van der Waals surface area contributed by atoms with Crippen LogP contribution in [0, 0.1) is 0 Å². The SMILES string of the molecule is O=Cc1ccc(Oc2cc(Cl)c(Cl)cc2Cl)cc1Cl. The van der Waals surface area contributed by atoms with Crippen molar-refractivity contribution >= 4 is 52.7 Å². The van der Waals surface area contributed by atoms with Crippen molar-refractivity contribution in [2.75, 3.05) is 0 Å². The van der Waals surface area contributed by atoms with Crippen molar-refractivity contribution in [3.05, 3.63) is 56.0 Å². The van der Waals surface area contributed by atoms with E-state index in [9.17, 15) is 4.79 Å². The van der Waals surface area contributed by atoms with Gasteiger partial charge in [0.1, 0.15) is 11.5 Å². The fourth-order valence-corrected chi connectivity index (χ4v) is 2.17. The van der Waals surface area contributed by atoms with Gasteiger partial charge >= 0.3 is 0 Å². The Bertz CT molecular complexity index is 641. The van der Waals surface area contributed by atoms with Gasteiger partial charge in [0, 0.05) is 17.7 Å². The first-order valence-electron chi connectivity index (χ1n) is 5.08. The quantitative estimate of drug-likeness (QED) is 0.515. The van der Waals surface area contributed by atoms with Crippen LogP contribution in [0.15, 0.2) is 30.3 Å². The van der Waals surface area contributed by atoms with Gasteiger partial charge in [0.25, 0.3) is 0 Å². The monoisotopic (exact) mass is 334 g/mol. The molecule has 2 aromatic carbocycles. The summed E-state index contributed by atoms with van der Waals surface area (Å²) in [5, 5.41) is 1.29. The van der Waals surface area contributed by atoms with Gasteiger partial charge in [0.05, 0.1) is 20.1 Å². The van der Waals surface area contributed by atoms with Crippen LogP contribution in [0.5, 0.6) is 11.5 Å². The average Bonchev–Trinajstić information content (AvgIpc) is 2.36. The Labute approximate surface area is 129 Å². The molecule has 98 valence electrons. The van der Waals surface area contributed by atoms with Gasteiger partial charge in [-0.1, -0.05) is 46.4 Å². The summed E-state index contributed by atoms with van der Waals surface area (Å²) in [6.07, 6.45) is 0.665. The van der Waals surface area contributed by atoms with Crippen LogP contribution < -0.4 is 4.74 Å². The maximum Gasteiger partial charge on any atom is 0.151 e. The zero-order valence-electron chi connectivity index (χ0n) is 9.29. The van der Waals surface area contributed by atoms with E-state index in [0.29, 0.717) is 43.4 Å². The van der Waals surface area contributed by atoms with Crippen LogP contribution in [-0.2, 0) is 0 Å². The topological polar surface area (TPSA) is 26.3 Å². The Balaban J connectivity index is 2.33. The van der Waals surface area contributed by atoms with E-state index < -0.39 is 0 Å². The van der Waals surface area contributed by atoms with Crippen molar-refractivity contribution in [2.45, 2.75) is 0 Å². The Morgan fingerprint density at radius 2 is 1.53 bits per heavy atom. The van der Waals surface area contributed by atoms with Gasteiger partial charge < -0.3 is 4.74 Å². The molecule has 0 spiro atoms. The molecule has 0 aliphatic rings. The molecule has 2 nitrogen and oxygen atoms in total. The second-order valence-corrected chi connectivity index (χ2v) is 5.23. The Morgan fingerprint density at radius 1 is 0.842 bits per heavy atom. The van der Waals surface area contributed by atoms with Gasteiger partial charge in [-0.3, -0.25) is 4.79 Å². The van der Waals surface area contributed by atoms with Crippen molar-refractivity contribution in [3.63, 3.8) is 0 Å². The molecule has 0 aliphatic carbocycles. The number of ether oxygens (including phenoxy) is 1. The Kier molecular flexibility index (Phi) is 4.58. The van der Waals surface area contributed by atoms with Gasteiger partial charge in [-0.05, 0) is 18.2 Å².